The van der Waals surface area contributed by atoms with Gasteiger partial charge in [-0.05, 0) is 37.1 Å². The number of likely N-dealkylation sites (N-methyl/N-ethyl adjacent to an activating group) is 1. The summed E-state index contributed by atoms with van der Waals surface area (Å²) in [6.07, 6.45) is 7.87. The van der Waals surface area contributed by atoms with Crippen LogP contribution in [-0.2, 0) is 14.8 Å². The highest BCUT2D eigenvalue weighted by atomic mass is 32.2. The van der Waals surface area contributed by atoms with Gasteiger partial charge in [0.15, 0.2) is 0 Å². The summed E-state index contributed by atoms with van der Waals surface area (Å²) < 4.78 is 31.9. The number of nitrogens with one attached hydrogen (secondary N) is 1. The van der Waals surface area contributed by atoms with E-state index in [1.54, 1.807) is 19.1 Å². The van der Waals surface area contributed by atoms with Gasteiger partial charge in [0.2, 0.25) is 15.9 Å². The minimum atomic E-state index is -3.71. The third-order valence-electron chi connectivity index (χ3n) is 4.84. The summed E-state index contributed by atoms with van der Waals surface area (Å²) >= 11 is 0. The number of hydrogen-bond acceptors (Lipinski definition) is 4. The van der Waals surface area contributed by atoms with E-state index in [1.807, 2.05) is 0 Å². The zero-order valence-electron chi connectivity index (χ0n) is 15.7. The molecule has 7 heteroatoms. The topological polar surface area (TPSA) is 75.7 Å². The molecule has 0 unspecified atom stereocenters. The molecule has 1 N–H and O–H groups in total. The van der Waals surface area contributed by atoms with Crippen molar-refractivity contribution in [3.05, 3.63) is 24.3 Å². The Morgan fingerprint density at radius 3 is 2.23 bits per heavy atom. The van der Waals surface area contributed by atoms with Gasteiger partial charge in [0.25, 0.3) is 0 Å². The SMILES string of the molecule is CCN(CC(=O)NC1CCCCCCC1)S(=O)(=O)c1ccc(OC)cc1. The average Bonchev–Trinajstić information content (AvgIpc) is 2.61. The molecule has 6 nitrogen and oxygen atoms in total. The van der Waals surface area contributed by atoms with Gasteiger partial charge in [-0.15, -0.1) is 0 Å². The first-order chi connectivity index (χ1) is 12.5. The third-order valence-corrected chi connectivity index (χ3v) is 6.78. The molecule has 1 aromatic rings. The Balaban J connectivity index is 2.00. The Hall–Kier alpha value is -1.60. The molecule has 0 bridgehead atoms. The van der Waals surface area contributed by atoms with Crippen molar-refractivity contribution in [2.24, 2.45) is 0 Å². The van der Waals surface area contributed by atoms with Crippen LogP contribution in [0.1, 0.15) is 51.9 Å². The molecule has 0 aromatic heterocycles. The van der Waals surface area contributed by atoms with Gasteiger partial charge < -0.3 is 10.1 Å². The number of carbonyl (C=O) groups is 1. The van der Waals surface area contributed by atoms with E-state index in [1.165, 1.54) is 42.8 Å². The molecule has 0 radical (unpaired) electrons. The highest BCUT2D eigenvalue weighted by Crippen LogP contribution is 2.20. The van der Waals surface area contributed by atoms with Crippen molar-refractivity contribution >= 4 is 15.9 Å². The summed E-state index contributed by atoms with van der Waals surface area (Å²) in [6, 6.07) is 6.38. The standard InChI is InChI=1S/C19H30N2O4S/c1-3-21(26(23,24)18-13-11-17(25-2)12-14-18)15-19(22)20-16-9-7-5-4-6-8-10-16/h11-14,16H,3-10,15H2,1-2H3,(H,20,22). The zero-order chi connectivity index (χ0) is 19.0. The number of carbonyl (C=O) groups excluding carboxylic acids is 1. The molecule has 1 aromatic carbocycles. The smallest absolute Gasteiger partial charge is 0.243 e. The Morgan fingerprint density at radius 2 is 1.69 bits per heavy atom. The van der Waals surface area contributed by atoms with Crippen molar-refractivity contribution in [2.75, 3.05) is 20.2 Å². The van der Waals surface area contributed by atoms with Gasteiger partial charge in [-0.3, -0.25) is 4.79 Å². The largest absolute Gasteiger partial charge is 0.497 e. The fourth-order valence-electron chi connectivity index (χ4n) is 3.30. The molecule has 1 fully saturated rings. The van der Waals surface area contributed by atoms with Gasteiger partial charge in [0, 0.05) is 12.6 Å². The van der Waals surface area contributed by atoms with E-state index in [-0.39, 0.29) is 29.9 Å². The molecule has 1 aliphatic rings. The van der Waals surface area contributed by atoms with Gasteiger partial charge in [-0.2, -0.15) is 4.31 Å². The lowest BCUT2D eigenvalue weighted by Crippen LogP contribution is -2.44. The number of hydrogen-bond donors (Lipinski definition) is 1. The minimum Gasteiger partial charge on any atom is -0.497 e. The van der Waals surface area contributed by atoms with E-state index in [4.69, 9.17) is 4.74 Å². The predicted molar refractivity (Wildman–Crippen MR) is 102 cm³/mol. The molecular formula is C19H30N2O4S. The third kappa shape index (κ3) is 5.71. The van der Waals surface area contributed by atoms with Crippen molar-refractivity contribution in [3.8, 4) is 5.75 Å². The molecule has 0 spiro atoms. The van der Waals surface area contributed by atoms with Crippen LogP contribution in [0.3, 0.4) is 0 Å². The average molecular weight is 383 g/mol. The first-order valence-corrected chi connectivity index (χ1v) is 10.8. The molecule has 146 valence electrons. The van der Waals surface area contributed by atoms with Crippen molar-refractivity contribution in [1.82, 2.24) is 9.62 Å². The molecule has 26 heavy (non-hydrogen) atoms. The number of ether oxygens (including phenoxy) is 1. The maximum atomic E-state index is 12.8. The fourth-order valence-corrected chi connectivity index (χ4v) is 4.70. The molecular weight excluding hydrogens is 352 g/mol. The van der Waals surface area contributed by atoms with Crippen molar-refractivity contribution in [3.63, 3.8) is 0 Å². The Bertz CT molecular complexity index is 665. The summed E-state index contributed by atoms with van der Waals surface area (Å²) in [7, 11) is -2.18. The molecule has 0 heterocycles. The second kappa shape index (κ2) is 9.92. The minimum absolute atomic E-state index is 0.151. The summed E-state index contributed by atoms with van der Waals surface area (Å²) in [5, 5.41) is 3.03. The van der Waals surface area contributed by atoms with Gasteiger partial charge in [-0.25, -0.2) is 8.42 Å². The van der Waals surface area contributed by atoms with E-state index in [9.17, 15) is 13.2 Å². The molecule has 0 atom stereocenters. The second-order valence-electron chi connectivity index (χ2n) is 6.72. The fraction of sp³-hybridized carbons (Fsp3) is 0.632. The lowest BCUT2D eigenvalue weighted by Gasteiger charge is -2.24. The van der Waals surface area contributed by atoms with E-state index in [2.05, 4.69) is 5.32 Å². The normalized spacial score (nSPS) is 16.7. The van der Waals surface area contributed by atoms with E-state index >= 15 is 0 Å². The van der Waals surface area contributed by atoms with Gasteiger partial charge >= 0.3 is 0 Å². The van der Waals surface area contributed by atoms with Crippen LogP contribution in [0.4, 0.5) is 0 Å². The molecule has 1 saturated carbocycles. The molecule has 1 aliphatic carbocycles. The predicted octanol–water partition coefficient (Wildman–Crippen LogP) is 2.93. The summed E-state index contributed by atoms with van der Waals surface area (Å²) in [5.41, 5.74) is 0. The first kappa shape index (κ1) is 20.7. The van der Waals surface area contributed by atoms with Crippen LogP contribution >= 0.6 is 0 Å². The second-order valence-corrected chi connectivity index (χ2v) is 8.65. The van der Waals surface area contributed by atoms with E-state index in [0.717, 1.165) is 25.7 Å². The van der Waals surface area contributed by atoms with Crippen LogP contribution in [0.5, 0.6) is 5.75 Å². The number of benzene rings is 1. The molecule has 0 saturated heterocycles. The van der Waals surface area contributed by atoms with Crippen LogP contribution in [0.15, 0.2) is 29.2 Å². The van der Waals surface area contributed by atoms with Crippen LogP contribution in [0.2, 0.25) is 0 Å². The Kier molecular flexibility index (Phi) is 7.90. The molecule has 1 amide bonds. The lowest BCUT2D eigenvalue weighted by atomic mass is 9.97. The quantitative estimate of drug-likeness (QED) is 0.787. The maximum absolute atomic E-state index is 12.8. The molecule has 2 rings (SSSR count). The monoisotopic (exact) mass is 382 g/mol. The van der Waals surface area contributed by atoms with Crippen molar-refractivity contribution < 1.29 is 17.9 Å². The lowest BCUT2D eigenvalue weighted by molar-refractivity contribution is -0.122. The van der Waals surface area contributed by atoms with Gasteiger partial charge in [0.1, 0.15) is 5.75 Å². The maximum Gasteiger partial charge on any atom is 0.243 e. The summed E-state index contributed by atoms with van der Waals surface area (Å²) in [5.74, 6) is 0.364. The number of sulfonamides is 1. The Labute approximate surface area is 157 Å². The molecule has 0 aliphatic heterocycles. The summed E-state index contributed by atoms with van der Waals surface area (Å²) in [4.78, 5) is 12.6. The highest BCUT2D eigenvalue weighted by Gasteiger charge is 2.26. The van der Waals surface area contributed by atoms with Crippen LogP contribution in [0.25, 0.3) is 0 Å². The number of methoxy groups -OCH3 is 1. The number of amides is 1. The van der Waals surface area contributed by atoms with Gasteiger partial charge in [-0.1, -0.05) is 39.0 Å². The van der Waals surface area contributed by atoms with Crippen LogP contribution < -0.4 is 10.1 Å². The van der Waals surface area contributed by atoms with Crippen LogP contribution in [0, 0.1) is 0 Å². The highest BCUT2D eigenvalue weighted by molar-refractivity contribution is 7.89. The first-order valence-electron chi connectivity index (χ1n) is 9.41. The summed E-state index contributed by atoms with van der Waals surface area (Å²) in [6.45, 7) is 1.83. The number of nitrogens with zero attached hydrogens (tertiary/aromatic N) is 1. The number of rotatable bonds is 7. The van der Waals surface area contributed by atoms with Crippen molar-refractivity contribution in [1.29, 1.82) is 0 Å². The van der Waals surface area contributed by atoms with Crippen molar-refractivity contribution in [2.45, 2.75) is 62.8 Å². The Morgan fingerprint density at radius 1 is 1.12 bits per heavy atom. The zero-order valence-corrected chi connectivity index (χ0v) is 16.6. The van der Waals surface area contributed by atoms with Gasteiger partial charge in [0.05, 0.1) is 18.6 Å². The van der Waals surface area contributed by atoms with E-state index < -0.39 is 10.0 Å². The van der Waals surface area contributed by atoms with E-state index in [0.29, 0.717) is 5.75 Å². The van der Waals surface area contributed by atoms with Crippen LogP contribution in [-0.4, -0.2) is 44.9 Å².